The fourth-order valence-corrected chi connectivity index (χ4v) is 1.68. The Balaban J connectivity index is 2.69. The van der Waals surface area contributed by atoms with Crippen LogP contribution in [0.25, 0.3) is 0 Å². The summed E-state index contributed by atoms with van der Waals surface area (Å²) in [5.41, 5.74) is -1.16. The number of carboxylic acid groups (broad SMARTS) is 1. The molecule has 0 spiro atoms. The van der Waals surface area contributed by atoms with Crippen LogP contribution in [0.3, 0.4) is 0 Å². The lowest BCUT2D eigenvalue weighted by Gasteiger charge is -2.37. The summed E-state index contributed by atoms with van der Waals surface area (Å²) in [6.45, 7) is 4.55. The van der Waals surface area contributed by atoms with E-state index in [0.29, 0.717) is 0 Å². The number of carbonyl (C=O) groups excluding carboxylic acids is 1. The van der Waals surface area contributed by atoms with E-state index in [1.165, 1.54) is 18.7 Å². The van der Waals surface area contributed by atoms with Crippen LogP contribution in [-0.2, 0) is 4.79 Å². The zero-order valence-electron chi connectivity index (χ0n) is 10.2. The van der Waals surface area contributed by atoms with Crippen LogP contribution in [0.4, 0.5) is 4.79 Å². The quantitative estimate of drug-likeness (QED) is 0.776. The number of hydrogen-bond donors (Lipinski definition) is 1. The lowest BCUT2D eigenvalue weighted by atomic mass is 10.0. The fourth-order valence-electron chi connectivity index (χ4n) is 1.68. The molecule has 0 unspecified atom stereocenters. The maximum absolute atomic E-state index is 12.0. The lowest BCUT2D eigenvalue weighted by molar-refractivity contribution is -0.147. The number of nitrogens with zero attached hydrogens (tertiary/aromatic N) is 2. The number of carboxylic acids is 1. The first-order valence-corrected chi connectivity index (χ1v) is 5.63. The van der Waals surface area contributed by atoms with Crippen LogP contribution in [0.5, 0.6) is 0 Å². The van der Waals surface area contributed by atoms with Crippen LogP contribution in [0.1, 0.15) is 33.1 Å². The van der Waals surface area contributed by atoms with Crippen LogP contribution in [0.2, 0.25) is 0 Å². The van der Waals surface area contributed by atoms with E-state index in [9.17, 15) is 9.59 Å². The number of likely N-dealkylation sites (tertiary alicyclic amines) is 1. The summed E-state index contributed by atoms with van der Waals surface area (Å²) in [4.78, 5) is 26.1. The molecule has 0 atom stereocenters. The normalized spacial score (nSPS) is 17.1. The van der Waals surface area contributed by atoms with Gasteiger partial charge in [-0.3, -0.25) is 0 Å². The van der Waals surface area contributed by atoms with Gasteiger partial charge in [0.15, 0.2) is 0 Å². The minimum absolute atomic E-state index is 0.188. The highest BCUT2D eigenvalue weighted by Gasteiger charge is 2.37. The maximum atomic E-state index is 12.0. The Labute approximate surface area is 96.0 Å². The number of hydrogen-bond acceptors (Lipinski definition) is 2. The van der Waals surface area contributed by atoms with Gasteiger partial charge in [0.05, 0.1) is 0 Å². The zero-order chi connectivity index (χ0) is 12.3. The topological polar surface area (TPSA) is 60.9 Å². The molecule has 0 aromatic heterocycles. The molecule has 92 valence electrons. The monoisotopic (exact) mass is 228 g/mol. The molecule has 1 N–H and O–H groups in total. The molecule has 0 bridgehead atoms. The van der Waals surface area contributed by atoms with Crippen molar-refractivity contribution < 1.29 is 14.7 Å². The Hall–Kier alpha value is -1.26. The van der Waals surface area contributed by atoms with Crippen molar-refractivity contribution in [1.29, 1.82) is 0 Å². The van der Waals surface area contributed by atoms with Crippen molar-refractivity contribution >= 4 is 12.0 Å². The molecular formula is C11H20N2O3. The van der Waals surface area contributed by atoms with Crippen LogP contribution >= 0.6 is 0 Å². The zero-order valence-corrected chi connectivity index (χ0v) is 10.2. The summed E-state index contributed by atoms with van der Waals surface area (Å²) in [6.07, 6.45) is 3.16. The second-order valence-corrected chi connectivity index (χ2v) is 4.75. The third-order valence-electron chi connectivity index (χ3n) is 3.28. The molecule has 1 fully saturated rings. The number of aliphatic carboxylic acids is 1. The molecule has 1 aliphatic heterocycles. The molecule has 0 saturated carbocycles. The third kappa shape index (κ3) is 2.46. The Bertz CT molecular complexity index is 283. The van der Waals surface area contributed by atoms with Crippen molar-refractivity contribution in [2.75, 3.05) is 20.1 Å². The molecule has 1 rings (SSSR count). The molecule has 16 heavy (non-hydrogen) atoms. The maximum Gasteiger partial charge on any atom is 0.329 e. The molecule has 1 aliphatic rings. The second-order valence-electron chi connectivity index (χ2n) is 4.75. The van der Waals surface area contributed by atoms with Gasteiger partial charge in [0, 0.05) is 20.1 Å². The van der Waals surface area contributed by atoms with Crippen molar-refractivity contribution in [2.45, 2.75) is 38.6 Å². The van der Waals surface area contributed by atoms with Gasteiger partial charge in [-0.25, -0.2) is 9.59 Å². The SMILES string of the molecule is CN(C(=O)N1CCCCC1)C(C)(C)C(=O)O. The summed E-state index contributed by atoms with van der Waals surface area (Å²) in [7, 11) is 1.55. The van der Waals surface area contributed by atoms with E-state index in [1.54, 1.807) is 11.9 Å². The minimum Gasteiger partial charge on any atom is -0.480 e. The van der Waals surface area contributed by atoms with Crippen LogP contribution in [0.15, 0.2) is 0 Å². The fraction of sp³-hybridized carbons (Fsp3) is 0.818. The molecule has 0 aromatic carbocycles. The smallest absolute Gasteiger partial charge is 0.329 e. The molecule has 5 nitrogen and oxygen atoms in total. The van der Waals surface area contributed by atoms with Crippen molar-refractivity contribution in [3.8, 4) is 0 Å². The minimum atomic E-state index is -1.16. The highest BCUT2D eigenvalue weighted by Crippen LogP contribution is 2.17. The third-order valence-corrected chi connectivity index (χ3v) is 3.28. The standard InChI is InChI=1S/C11H20N2O3/c1-11(2,9(14)15)12(3)10(16)13-7-5-4-6-8-13/h4-8H2,1-3H3,(H,14,15). The lowest BCUT2D eigenvalue weighted by Crippen LogP contribution is -2.55. The van der Waals surface area contributed by atoms with Crippen molar-refractivity contribution in [2.24, 2.45) is 0 Å². The predicted molar refractivity (Wildman–Crippen MR) is 60.3 cm³/mol. The first-order valence-electron chi connectivity index (χ1n) is 5.63. The number of likely N-dealkylation sites (N-methyl/N-ethyl adjacent to an activating group) is 1. The van der Waals surface area contributed by atoms with Gasteiger partial charge in [0.25, 0.3) is 0 Å². The average Bonchev–Trinajstić information content (AvgIpc) is 2.28. The van der Waals surface area contributed by atoms with Gasteiger partial charge < -0.3 is 14.9 Å². The number of rotatable bonds is 2. The van der Waals surface area contributed by atoms with Gasteiger partial charge >= 0.3 is 12.0 Å². The van der Waals surface area contributed by atoms with E-state index in [0.717, 1.165) is 32.4 Å². The van der Waals surface area contributed by atoms with Gasteiger partial charge in [0.2, 0.25) is 0 Å². The largest absolute Gasteiger partial charge is 0.480 e. The number of amides is 2. The average molecular weight is 228 g/mol. The molecule has 5 heteroatoms. The van der Waals surface area contributed by atoms with E-state index in [-0.39, 0.29) is 6.03 Å². The van der Waals surface area contributed by atoms with Gasteiger partial charge in [-0.1, -0.05) is 0 Å². The predicted octanol–water partition coefficient (Wildman–Crippen LogP) is 1.39. The van der Waals surface area contributed by atoms with Crippen LogP contribution in [0, 0.1) is 0 Å². The van der Waals surface area contributed by atoms with E-state index < -0.39 is 11.5 Å². The van der Waals surface area contributed by atoms with Crippen LogP contribution in [-0.4, -0.2) is 52.6 Å². The summed E-state index contributed by atoms with van der Waals surface area (Å²) >= 11 is 0. The van der Waals surface area contributed by atoms with E-state index in [4.69, 9.17) is 5.11 Å². The van der Waals surface area contributed by atoms with E-state index in [2.05, 4.69) is 0 Å². The second kappa shape index (κ2) is 4.72. The molecular weight excluding hydrogens is 208 g/mol. The van der Waals surface area contributed by atoms with Gasteiger partial charge in [-0.05, 0) is 33.1 Å². The summed E-state index contributed by atoms with van der Waals surface area (Å²) in [6, 6.07) is -0.188. The molecule has 0 radical (unpaired) electrons. The van der Waals surface area contributed by atoms with Crippen molar-refractivity contribution in [1.82, 2.24) is 9.80 Å². The van der Waals surface area contributed by atoms with Crippen molar-refractivity contribution in [3.63, 3.8) is 0 Å². The Morgan fingerprint density at radius 2 is 1.69 bits per heavy atom. The molecule has 2 amide bonds. The van der Waals surface area contributed by atoms with Gasteiger partial charge in [-0.15, -0.1) is 0 Å². The summed E-state index contributed by atoms with van der Waals surface area (Å²) in [5.74, 6) is -0.986. The molecule has 0 aliphatic carbocycles. The van der Waals surface area contributed by atoms with E-state index >= 15 is 0 Å². The highest BCUT2D eigenvalue weighted by atomic mass is 16.4. The first kappa shape index (κ1) is 12.8. The van der Waals surface area contributed by atoms with Crippen molar-refractivity contribution in [3.05, 3.63) is 0 Å². The van der Waals surface area contributed by atoms with Gasteiger partial charge in [0.1, 0.15) is 5.54 Å². The Morgan fingerprint density at radius 1 is 1.19 bits per heavy atom. The number of piperidine rings is 1. The molecule has 0 aromatic rings. The Morgan fingerprint density at radius 3 is 2.12 bits per heavy atom. The summed E-state index contributed by atoms with van der Waals surface area (Å²) in [5, 5.41) is 9.05. The first-order chi connectivity index (χ1) is 7.37. The van der Waals surface area contributed by atoms with Gasteiger partial charge in [-0.2, -0.15) is 0 Å². The van der Waals surface area contributed by atoms with E-state index in [1.807, 2.05) is 0 Å². The van der Waals surface area contributed by atoms with Crippen LogP contribution < -0.4 is 0 Å². The highest BCUT2D eigenvalue weighted by molar-refractivity contribution is 5.85. The number of urea groups is 1. The molecule has 1 saturated heterocycles. The summed E-state index contributed by atoms with van der Waals surface area (Å²) < 4.78 is 0. The Kier molecular flexibility index (Phi) is 3.78. The number of carbonyl (C=O) groups is 2. The molecule has 1 heterocycles.